The third-order valence-corrected chi connectivity index (χ3v) is 1.76. The molecule has 0 saturated heterocycles. The Kier molecular flexibility index (Phi) is 3.45. The van der Waals surface area contributed by atoms with Gasteiger partial charge in [-0.05, 0) is 32.9 Å². The van der Waals surface area contributed by atoms with Crippen molar-refractivity contribution >= 4 is 17.5 Å². The van der Waals surface area contributed by atoms with E-state index in [-0.39, 0.29) is 11.4 Å². The standard InChI is InChI=1S/C11H14FN3O2/c1-11(2,3)17-10(16)8(13)6-4-5-7(12)15-9(6)14/h4-5,13H,1-3H3,(H2,14,15). The normalized spacial score (nSPS) is 11.1. The molecule has 5 nitrogen and oxygen atoms in total. The van der Waals surface area contributed by atoms with Crippen LogP contribution in [0.25, 0.3) is 0 Å². The predicted octanol–water partition coefficient (Wildman–Crippen LogP) is 1.51. The van der Waals surface area contributed by atoms with Crippen LogP contribution in [-0.2, 0) is 9.53 Å². The molecule has 0 radical (unpaired) electrons. The van der Waals surface area contributed by atoms with Gasteiger partial charge in [0.15, 0.2) is 5.71 Å². The highest BCUT2D eigenvalue weighted by atomic mass is 19.1. The number of carbonyl (C=O) groups is 1. The molecule has 6 heteroatoms. The molecule has 17 heavy (non-hydrogen) atoms. The summed E-state index contributed by atoms with van der Waals surface area (Å²) in [4.78, 5) is 14.9. The summed E-state index contributed by atoms with van der Waals surface area (Å²) in [5.41, 5.74) is 4.34. The molecule has 1 rings (SSSR count). The fourth-order valence-electron chi connectivity index (χ4n) is 1.10. The van der Waals surface area contributed by atoms with Crippen LogP contribution in [0.1, 0.15) is 26.3 Å². The summed E-state index contributed by atoms with van der Waals surface area (Å²) in [5, 5.41) is 7.61. The van der Waals surface area contributed by atoms with Crippen molar-refractivity contribution in [2.75, 3.05) is 5.73 Å². The van der Waals surface area contributed by atoms with Gasteiger partial charge in [-0.25, -0.2) is 9.78 Å². The Morgan fingerprint density at radius 3 is 2.53 bits per heavy atom. The number of esters is 1. The van der Waals surface area contributed by atoms with E-state index < -0.39 is 23.2 Å². The van der Waals surface area contributed by atoms with Crippen LogP contribution in [0.4, 0.5) is 10.2 Å². The number of nitrogens with one attached hydrogen (secondary N) is 1. The van der Waals surface area contributed by atoms with Gasteiger partial charge in [-0.15, -0.1) is 0 Å². The molecule has 0 aliphatic rings. The molecule has 3 N–H and O–H groups in total. The Morgan fingerprint density at radius 2 is 2.06 bits per heavy atom. The van der Waals surface area contributed by atoms with Crippen molar-refractivity contribution in [2.24, 2.45) is 0 Å². The number of hydrogen-bond donors (Lipinski definition) is 2. The molecule has 0 aliphatic heterocycles. The van der Waals surface area contributed by atoms with Crippen molar-refractivity contribution in [3.05, 3.63) is 23.6 Å². The Labute approximate surface area is 98.3 Å². The Morgan fingerprint density at radius 1 is 1.47 bits per heavy atom. The van der Waals surface area contributed by atoms with Gasteiger partial charge in [0.05, 0.1) is 0 Å². The molecule has 1 aromatic rings. The van der Waals surface area contributed by atoms with Gasteiger partial charge in [0.25, 0.3) is 0 Å². The third kappa shape index (κ3) is 3.51. The van der Waals surface area contributed by atoms with E-state index in [1.54, 1.807) is 20.8 Å². The summed E-state index contributed by atoms with van der Waals surface area (Å²) in [5.74, 6) is -1.79. The van der Waals surface area contributed by atoms with Gasteiger partial charge in [-0.3, -0.25) is 5.41 Å². The number of pyridine rings is 1. The SMILES string of the molecule is CC(C)(C)OC(=O)C(=N)c1ccc(F)nc1N. The summed E-state index contributed by atoms with van der Waals surface area (Å²) in [6, 6.07) is 2.26. The van der Waals surface area contributed by atoms with Crippen LogP contribution in [0.15, 0.2) is 12.1 Å². The smallest absolute Gasteiger partial charge is 0.357 e. The van der Waals surface area contributed by atoms with Crippen LogP contribution in [0.3, 0.4) is 0 Å². The van der Waals surface area contributed by atoms with Crippen molar-refractivity contribution in [3.63, 3.8) is 0 Å². The molecular weight excluding hydrogens is 225 g/mol. The number of nitrogen functional groups attached to an aromatic ring is 1. The number of hydrogen-bond acceptors (Lipinski definition) is 5. The molecule has 0 aromatic carbocycles. The van der Waals surface area contributed by atoms with Crippen LogP contribution in [-0.4, -0.2) is 22.3 Å². The molecule has 0 atom stereocenters. The van der Waals surface area contributed by atoms with E-state index in [9.17, 15) is 9.18 Å². The van der Waals surface area contributed by atoms with Crippen molar-refractivity contribution in [2.45, 2.75) is 26.4 Å². The fourth-order valence-corrected chi connectivity index (χ4v) is 1.10. The largest absolute Gasteiger partial charge is 0.455 e. The first-order chi connectivity index (χ1) is 7.70. The molecule has 92 valence electrons. The summed E-state index contributed by atoms with van der Waals surface area (Å²) < 4.78 is 17.7. The van der Waals surface area contributed by atoms with Crippen LogP contribution in [0.5, 0.6) is 0 Å². The zero-order valence-electron chi connectivity index (χ0n) is 9.87. The molecule has 0 fully saturated rings. The molecule has 0 spiro atoms. The minimum absolute atomic E-state index is 0.0562. The topological polar surface area (TPSA) is 89.1 Å². The first kappa shape index (κ1) is 13.1. The van der Waals surface area contributed by atoms with Gasteiger partial charge in [0, 0.05) is 5.56 Å². The van der Waals surface area contributed by atoms with Gasteiger partial charge in [0.1, 0.15) is 11.4 Å². The lowest BCUT2D eigenvalue weighted by atomic mass is 10.1. The number of nitrogens with two attached hydrogens (primary N) is 1. The summed E-state index contributed by atoms with van der Waals surface area (Å²) in [6.07, 6.45) is 0. The van der Waals surface area contributed by atoms with Crippen LogP contribution in [0.2, 0.25) is 0 Å². The van der Waals surface area contributed by atoms with Gasteiger partial charge in [-0.2, -0.15) is 4.39 Å². The van der Waals surface area contributed by atoms with E-state index in [4.69, 9.17) is 15.9 Å². The Hall–Kier alpha value is -1.98. The van der Waals surface area contributed by atoms with Gasteiger partial charge < -0.3 is 10.5 Å². The van der Waals surface area contributed by atoms with Crippen molar-refractivity contribution in [1.82, 2.24) is 4.98 Å². The van der Waals surface area contributed by atoms with Gasteiger partial charge >= 0.3 is 5.97 Å². The van der Waals surface area contributed by atoms with Crippen molar-refractivity contribution in [3.8, 4) is 0 Å². The molecule has 0 amide bonds. The fraction of sp³-hybridized carbons (Fsp3) is 0.364. The maximum absolute atomic E-state index is 12.7. The third-order valence-electron chi connectivity index (χ3n) is 1.76. The molecule has 0 saturated carbocycles. The van der Waals surface area contributed by atoms with Gasteiger partial charge in [0.2, 0.25) is 5.95 Å². The van der Waals surface area contributed by atoms with Crippen molar-refractivity contribution < 1.29 is 13.9 Å². The summed E-state index contributed by atoms with van der Waals surface area (Å²) in [7, 11) is 0. The van der Waals surface area contributed by atoms with E-state index in [2.05, 4.69) is 4.98 Å². The predicted molar refractivity (Wildman–Crippen MR) is 61.3 cm³/mol. The highest BCUT2D eigenvalue weighted by Crippen LogP contribution is 2.14. The first-order valence-electron chi connectivity index (χ1n) is 4.95. The Bertz CT molecular complexity index is 466. The van der Waals surface area contributed by atoms with E-state index in [1.165, 1.54) is 6.07 Å². The second kappa shape index (κ2) is 4.48. The number of aromatic nitrogens is 1. The Balaban J connectivity index is 2.94. The lowest BCUT2D eigenvalue weighted by Crippen LogP contribution is -2.29. The first-order valence-corrected chi connectivity index (χ1v) is 4.95. The molecule has 0 bridgehead atoms. The van der Waals surface area contributed by atoms with Gasteiger partial charge in [-0.1, -0.05) is 0 Å². The summed E-state index contributed by atoms with van der Waals surface area (Å²) in [6.45, 7) is 5.05. The number of ether oxygens (including phenoxy) is 1. The number of anilines is 1. The number of carbonyl (C=O) groups excluding carboxylic acids is 1. The van der Waals surface area contributed by atoms with E-state index in [0.29, 0.717) is 0 Å². The van der Waals surface area contributed by atoms with Crippen LogP contribution < -0.4 is 5.73 Å². The summed E-state index contributed by atoms with van der Waals surface area (Å²) >= 11 is 0. The minimum Gasteiger partial charge on any atom is -0.455 e. The van der Waals surface area contributed by atoms with E-state index >= 15 is 0 Å². The number of halogens is 1. The minimum atomic E-state index is -0.822. The second-order valence-corrected chi connectivity index (χ2v) is 4.44. The average Bonchev–Trinajstić information content (AvgIpc) is 2.14. The highest BCUT2D eigenvalue weighted by molar-refractivity contribution is 6.43. The van der Waals surface area contributed by atoms with Crippen LogP contribution in [0, 0.1) is 11.4 Å². The zero-order chi connectivity index (χ0) is 13.2. The second-order valence-electron chi connectivity index (χ2n) is 4.44. The molecule has 1 aromatic heterocycles. The molecule has 0 aliphatic carbocycles. The van der Waals surface area contributed by atoms with E-state index in [1.807, 2.05) is 0 Å². The van der Waals surface area contributed by atoms with E-state index in [0.717, 1.165) is 6.07 Å². The number of rotatable bonds is 2. The zero-order valence-corrected chi connectivity index (χ0v) is 9.87. The highest BCUT2D eigenvalue weighted by Gasteiger charge is 2.22. The lowest BCUT2D eigenvalue weighted by Gasteiger charge is -2.19. The lowest BCUT2D eigenvalue weighted by molar-refractivity contribution is -0.146. The van der Waals surface area contributed by atoms with Crippen molar-refractivity contribution in [1.29, 1.82) is 5.41 Å². The molecule has 1 heterocycles. The quantitative estimate of drug-likeness (QED) is 0.465. The number of nitrogens with zero attached hydrogens (tertiary/aromatic N) is 1. The molecular formula is C11H14FN3O2. The van der Waals surface area contributed by atoms with Crippen LogP contribution >= 0.6 is 0 Å². The maximum Gasteiger partial charge on any atom is 0.357 e. The average molecular weight is 239 g/mol. The molecule has 0 unspecified atom stereocenters. The monoisotopic (exact) mass is 239 g/mol. The maximum atomic E-state index is 12.7.